The van der Waals surface area contributed by atoms with Crippen LogP contribution < -0.4 is 0 Å². The SMILES string of the molecule is CN(C)Cc1cc(C(C)(C)c2ccc(C(C)(C)c3ccc(O)c(CN(C)C)c3)cc2)ccc1O. The Morgan fingerprint density at radius 1 is 0.529 bits per heavy atom. The summed E-state index contributed by atoms with van der Waals surface area (Å²) in [4.78, 5) is 4.13. The van der Waals surface area contributed by atoms with Crippen LogP contribution in [0.25, 0.3) is 0 Å². The van der Waals surface area contributed by atoms with Crippen LogP contribution in [-0.2, 0) is 23.9 Å². The fourth-order valence-electron chi connectivity index (χ4n) is 4.52. The molecule has 0 aromatic heterocycles. The number of benzene rings is 3. The van der Waals surface area contributed by atoms with E-state index in [1.807, 2.05) is 52.5 Å². The molecule has 0 unspecified atom stereocenters. The molecule has 0 atom stereocenters. The molecule has 3 aromatic rings. The van der Waals surface area contributed by atoms with E-state index in [2.05, 4.69) is 73.9 Å². The summed E-state index contributed by atoms with van der Waals surface area (Å²) in [5, 5.41) is 20.6. The Morgan fingerprint density at radius 2 is 0.824 bits per heavy atom. The van der Waals surface area contributed by atoms with Gasteiger partial charge in [0.25, 0.3) is 0 Å². The molecule has 4 heteroatoms. The van der Waals surface area contributed by atoms with Crippen molar-refractivity contribution in [1.29, 1.82) is 0 Å². The van der Waals surface area contributed by atoms with Crippen molar-refractivity contribution in [2.45, 2.75) is 51.6 Å². The van der Waals surface area contributed by atoms with Crippen LogP contribution in [0.5, 0.6) is 11.5 Å². The molecule has 0 amide bonds. The lowest BCUT2D eigenvalue weighted by Gasteiger charge is -2.30. The highest BCUT2D eigenvalue weighted by molar-refractivity contribution is 5.47. The zero-order valence-corrected chi connectivity index (χ0v) is 22.0. The van der Waals surface area contributed by atoms with Crippen molar-refractivity contribution in [3.63, 3.8) is 0 Å². The summed E-state index contributed by atoms with van der Waals surface area (Å²) in [6.45, 7) is 10.3. The standard InChI is InChI=1S/C30H40N2O2/c1-29(2,25-13-15-27(33)21(17-25)19-31(5)6)23-9-11-24(12-10-23)30(3,4)26-14-16-28(34)22(18-26)20-32(7)8/h9-18,33-34H,19-20H2,1-8H3. The minimum atomic E-state index is -0.200. The fourth-order valence-corrected chi connectivity index (χ4v) is 4.52. The lowest BCUT2D eigenvalue weighted by molar-refractivity contribution is 0.385. The molecule has 4 nitrogen and oxygen atoms in total. The van der Waals surface area contributed by atoms with Gasteiger partial charge < -0.3 is 20.0 Å². The van der Waals surface area contributed by atoms with Gasteiger partial charge in [-0.25, -0.2) is 0 Å². The van der Waals surface area contributed by atoms with E-state index in [0.29, 0.717) is 24.6 Å². The lowest BCUT2D eigenvalue weighted by atomic mass is 9.74. The number of phenolic OH excluding ortho intramolecular Hbond substituents is 2. The van der Waals surface area contributed by atoms with Gasteiger partial charge in [0.2, 0.25) is 0 Å². The molecule has 34 heavy (non-hydrogen) atoms. The van der Waals surface area contributed by atoms with Gasteiger partial charge in [0.15, 0.2) is 0 Å². The van der Waals surface area contributed by atoms with Gasteiger partial charge in [0.1, 0.15) is 11.5 Å². The van der Waals surface area contributed by atoms with E-state index in [4.69, 9.17) is 0 Å². The highest BCUT2D eigenvalue weighted by Gasteiger charge is 2.27. The Labute approximate surface area is 205 Å². The second-order valence-electron chi connectivity index (χ2n) is 11.0. The Bertz CT molecular complexity index is 1040. The zero-order valence-electron chi connectivity index (χ0n) is 22.0. The number of nitrogens with zero attached hydrogens (tertiary/aromatic N) is 2. The van der Waals surface area contributed by atoms with Crippen molar-refractivity contribution in [3.05, 3.63) is 94.0 Å². The van der Waals surface area contributed by atoms with Crippen LogP contribution in [0.4, 0.5) is 0 Å². The average molecular weight is 461 g/mol. The van der Waals surface area contributed by atoms with Crippen molar-refractivity contribution >= 4 is 0 Å². The van der Waals surface area contributed by atoms with E-state index in [-0.39, 0.29) is 10.8 Å². The molecule has 0 aliphatic rings. The second-order valence-corrected chi connectivity index (χ2v) is 11.0. The number of hydrogen-bond acceptors (Lipinski definition) is 4. The first kappa shape index (κ1) is 25.8. The first-order valence-corrected chi connectivity index (χ1v) is 11.9. The van der Waals surface area contributed by atoms with Crippen LogP contribution in [0.3, 0.4) is 0 Å². The van der Waals surface area contributed by atoms with Crippen LogP contribution in [-0.4, -0.2) is 48.2 Å². The van der Waals surface area contributed by atoms with Crippen LogP contribution in [0.2, 0.25) is 0 Å². The van der Waals surface area contributed by atoms with Crippen LogP contribution in [0.1, 0.15) is 61.1 Å². The quantitative estimate of drug-likeness (QED) is 0.441. The van der Waals surface area contributed by atoms with Crippen molar-refractivity contribution in [3.8, 4) is 11.5 Å². The average Bonchev–Trinajstić information content (AvgIpc) is 2.76. The minimum absolute atomic E-state index is 0.200. The molecule has 0 bridgehead atoms. The molecule has 0 saturated heterocycles. The monoisotopic (exact) mass is 460 g/mol. The first-order valence-electron chi connectivity index (χ1n) is 11.9. The highest BCUT2D eigenvalue weighted by Crippen LogP contribution is 2.38. The molecular formula is C30H40N2O2. The van der Waals surface area contributed by atoms with Gasteiger partial charge in [-0.3, -0.25) is 0 Å². The Hall–Kier alpha value is -2.82. The van der Waals surface area contributed by atoms with Crippen LogP contribution in [0, 0.1) is 0 Å². The summed E-state index contributed by atoms with van der Waals surface area (Å²) in [6, 6.07) is 20.8. The maximum Gasteiger partial charge on any atom is 0.120 e. The van der Waals surface area contributed by atoms with E-state index in [1.165, 1.54) is 22.3 Å². The third-order valence-corrected chi connectivity index (χ3v) is 6.90. The predicted octanol–water partition coefficient (Wildman–Crippen LogP) is 5.87. The van der Waals surface area contributed by atoms with Gasteiger partial charge in [-0.15, -0.1) is 0 Å². The molecule has 3 aromatic carbocycles. The van der Waals surface area contributed by atoms with Crippen molar-refractivity contribution in [1.82, 2.24) is 9.80 Å². The molecule has 0 radical (unpaired) electrons. The summed E-state index contributed by atoms with van der Waals surface area (Å²) in [5.41, 5.74) is 6.30. The molecule has 3 rings (SSSR count). The van der Waals surface area contributed by atoms with Gasteiger partial charge >= 0.3 is 0 Å². The maximum atomic E-state index is 10.3. The predicted molar refractivity (Wildman–Crippen MR) is 142 cm³/mol. The van der Waals surface area contributed by atoms with Gasteiger partial charge in [0.05, 0.1) is 0 Å². The topological polar surface area (TPSA) is 46.9 Å². The summed E-state index contributed by atoms with van der Waals surface area (Å²) in [6.07, 6.45) is 0. The van der Waals surface area contributed by atoms with E-state index >= 15 is 0 Å². The molecule has 0 fully saturated rings. The molecule has 0 aliphatic heterocycles. The molecule has 182 valence electrons. The number of rotatable bonds is 8. The lowest BCUT2D eigenvalue weighted by Crippen LogP contribution is -2.22. The number of hydrogen-bond donors (Lipinski definition) is 2. The van der Waals surface area contributed by atoms with E-state index < -0.39 is 0 Å². The molecule has 0 heterocycles. The first-order chi connectivity index (χ1) is 15.8. The molecule has 0 saturated carbocycles. The molecular weight excluding hydrogens is 420 g/mol. The second kappa shape index (κ2) is 9.81. The molecule has 0 spiro atoms. The van der Waals surface area contributed by atoms with Gasteiger partial charge in [-0.2, -0.15) is 0 Å². The molecule has 0 aliphatic carbocycles. The zero-order chi connectivity index (χ0) is 25.3. The summed E-state index contributed by atoms with van der Waals surface area (Å²) >= 11 is 0. The Kier molecular flexibility index (Phi) is 7.44. The van der Waals surface area contributed by atoms with Crippen LogP contribution in [0.15, 0.2) is 60.7 Å². The summed E-state index contributed by atoms with van der Waals surface area (Å²) in [5.74, 6) is 0.681. The minimum Gasteiger partial charge on any atom is -0.508 e. The van der Waals surface area contributed by atoms with E-state index in [1.54, 1.807) is 0 Å². The summed E-state index contributed by atoms with van der Waals surface area (Å²) < 4.78 is 0. The smallest absolute Gasteiger partial charge is 0.120 e. The van der Waals surface area contributed by atoms with E-state index in [0.717, 1.165) is 11.1 Å². The number of phenols is 2. The van der Waals surface area contributed by atoms with Gasteiger partial charge in [0, 0.05) is 35.0 Å². The third kappa shape index (κ3) is 5.45. The summed E-state index contributed by atoms with van der Waals surface area (Å²) in [7, 11) is 8.04. The van der Waals surface area contributed by atoms with Gasteiger partial charge in [-0.1, -0.05) is 64.1 Å². The Balaban J connectivity index is 1.92. The van der Waals surface area contributed by atoms with Gasteiger partial charge in [-0.05, 0) is 74.7 Å². The van der Waals surface area contributed by atoms with Crippen molar-refractivity contribution in [2.24, 2.45) is 0 Å². The maximum absolute atomic E-state index is 10.3. The number of aromatic hydroxyl groups is 2. The highest BCUT2D eigenvalue weighted by atomic mass is 16.3. The van der Waals surface area contributed by atoms with Crippen LogP contribution >= 0.6 is 0 Å². The Morgan fingerprint density at radius 3 is 1.12 bits per heavy atom. The van der Waals surface area contributed by atoms with Crippen molar-refractivity contribution in [2.75, 3.05) is 28.2 Å². The van der Waals surface area contributed by atoms with E-state index in [9.17, 15) is 10.2 Å². The largest absolute Gasteiger partial charge is 0.508 e. The normalized spacial score (nSPS) is 12.5. The van der Waals surface area contributed by atoms with Crippen molar-refractivity contribution < 1.29 is 10.2 Å². The molecule has 2 N–H and O–H groups in total. The third-order valence-electron chi connectivity index (χ3n) is 6.90. The fraction of sp³-hybridized carbons (Fsp3) is 0.400.